The minimum absolute atomic E-state index is 0.0633. The molecule has 6 atom stereocenters. The summed E-state index contributed by atoms with van der Waals surface area (Å²) >= 11 is 0. The minimum atomic E-state index is -3.76. The maximum Gasteiger partial charge on any atom is 0.306 e. The molecule has 0 aliphatic heterocycles. The van der Waals surface area contributed by atoms with Gasteiger partial charge in [-0.3, -0.25) is 4.79 Å². The summed E-state index contributed by atoms with van der Waals surface area (Å²) in [6.45, 7) is 2.17. The molecule has 2 fully saturated rings. The Morgan fingerprint density at radius 1 is 1.19 bits per heavy atom. The fourth-order valence-electron chi connectivity index (χ4n) is 7.27. The van der Waals surface area contributed by atoms with Crippen LogP contribution in [0, 0.1) is 17.3 Å². The molecule has 36 heavy (non-hydrogen) atoms. The molecule has 2 aromatic rings. The van der Waals surface area contributed by atoms with Crippen LogP contribution in [0.3, 0.4) is 0 Å². The van der Waals surface area contributed by atoms with Crippen LogP contribution in [0.2, 0.25) is 0 Å². The van der Waals surface area contributed by atoms with Gasteiger partial charge in [0.15, 0.2) is 0 Å². The Kier molecular flexibility index (Phi) is 6.64. The molecule has 5 rings (SSSR count). The number of aromatic hydroxyl groups is 1. The van der Waals surface area contributed by atoms with E-state index in [0.29, 0.717) is 36.8 Å². The summed E-state index contributed by atoms with van der Waals surface area (Å²) in [6.07, 6.45) is 4.52. The van der Waals surface area contributed by atoms with E-state index in [-0.39, 0.29) is 28.6 Å². The number of hydrogen-bond acceptors (Lipinski definition) is 6. The monoisotopic (exact) mass is 513 g/mol. The number of aryl methyl sites for hydroxylation is 2. The molecule has 0 aromatic heterocycles. The predicted molar refractivity (Wildman–Crippen MR) is 135 cm³/mol. The third-order valence-corrected chi connectivity index (χ3v) is 9.89. The summed E-state index contributed by atoms with van der Waals surface area (Å²) in [5.41, 5.74) is 3.10. The van der Waals surface area contributed by atoms with Crippen molar-refractivity contribution in [2.45, 2.75) is 81.3 Å². The van der Waals surface area contributed by atoms with Crippen molar-refractivity contribution in [1.82, 2.24) is 0 Å². The van der Waals surface area contributed by atoms with Gasteiger partial charge in [-0.25, -0.2) is 13.6 Å². The number of phenols is 1. The van der Waals surface area contributed by atoms with E-state index < -0.39 is 22.2 Å². The Morgan fingerprint density at radius 3 is 2.78 bits per heavy atom. The number of benzene rings is 2. The van der Waals surface area contributed by atoms with Gasteiger partial charge < -0.3 is 14.9 Å². The second-order valence-corrected chi connectivity index (χ2v) is 12.7. The summed E-state index contributed by atoms with van der Waals surface area (Å²) in [7, 11) is -3.76. The summed E-state index contributed by atoms with van der Waals surface area (Å²) in [6, 6.07) is 12.2. The highest BCUT2D eigenvalue weighted by molar-refractivity contribution is 7.89. The Bertz CT molecular complexity index is 1260. The zero-order chi connectivity index (χ0) is 25.7. The first-order valence-electron chi connectivity index (χ1n) is 12.9. The highest BCUT2D eigenvalue weighted by atomic mass is 32.2. The topological polar surface area (TPSA) is 127 Å². The zero-order valence-electron chi connectivity index (χ0n) is 20.6. The first-order chi connectivity index (χ1) is 17.1. The maximum absolute atomic E-state index is 12.8. The summed E-state index contributed by atoms with van der Waals surface area (Å²) in [4.78, 5) is 12.8. The van der Waals surface area contributed by atoms with Crippen LogP contribution in [0.1, 0.15) is 68.1 Å². The molecule has 3 unspecified atom stereocenters. The molecule has 0 spiro atoms. The van der Waals surface area contributed by atoms with Crippen LogP contribution in [0.5, 0.6) is 5.75 Å². The number of carbonyl (C=O) groups is 1. The molecule has 0 heterocycles. The number of rotatable bonds is 6. The molecular formula is C28H35NO6S. The number of aliphatic hydroxyl groups excluding tert-OH is 1. The number of sulfonamides is 1. The third kappa shape index (κ3) is 4.66. The van der Waals surface area contributed by atoms with E-state index in [0.717, 1.165) is 31.2 Å². The molecule has 0 amide bonds. The van der Waals surface area contributed by atoms with Crippen LogP contribution in [-0.2, 0) is 32.4 Å². The Morgan fingerprint density at radius 2 is 2.00 bits per heavy atom. The molecule has 0 bridgehead atoms. The number of nitrogens with two attached hydrogens (primary N) is 1. The molecule has 3 aliphatic rings. The van der Waals surface area contributed by atoms with Gasteiger partial charge in [0.25, 0.3) is 0 Å². The fourth-order valence-corrected chi connectivity index (χ4v) is 7.85. The van der Waals surface area contributed by atoms with Gasteiger partial charge in [0.2, 0.25) is 10.0 Å². The van der Waals surface area contributed by atoms with Crippen LogP contribution >= 0.6 is 0 Å². The normalized spacial score (nSPS) is 31.2. The smallest absolute Gasteiger partial charge is 0.306 e. The highest BCUT2D eigenvalue weighted by Crippen LogP contribution is 2.61. The second kappa shape index (κ2) is 9.47. The average Bonchev–Trinajstić information content (AvgIpc) is 3.08. The van der Waals surface area contributed by atoms with Crippen molar-refractivity contribution in [2.75, 3.05) is 0 Å². The first kappa shape index (κ1) is 25.2. The Labute approximate surface area is 212 Å². The van der Waals surface area contributed by atoms with Gasteiger partial charge in [-0.15, -0.1) is 0 Å². The lowest BCUT2D eigenvalue weighted by atomic mass is 9.55. The van der Waals surface area contributed by atoms with Crippen LogP contribution in [0.25, 0.3) is 0 Å². The number of phenolic OH excluding ortho intramolecular Hbond substituents is 1. The second-order valence-electron chi connectivity index (χ2n) is 11.1. The predicted octanol–water partition coefficient (Wildman–Crippen LogP) is 3.80. The largest absolute Gasteiger partial charge is 0.508 e. The van der Waals surface area contributed by atoms with Crippen LogP contribution in [-0.4, -0.2) is 36.8 Å². The van der Waals surface area contributed by atoms with Crippen molar-refractivity contribution >= 4 is 16.0 Å². The van der Waals surface area contributed by atoms with E-state index in [2.05, 4.69) is 13.0 Å². The van der Waals surface area contributed by atoms with Crippen LogP contribution in [0.4, 0.5) is 0 Å². The van der Waals surface area contributed by atoms with Crippen molar-refractivity contribution in [3.05, 3.63) is 59.2 Å². The summed E-state index contributed by atoms with van der Waals surface area (Å²) in [5, 5.41) is 26.1. The van der Waals surface area contributed by atoms with Crippen molar-refractivity contribution < 1.29 is 28.2 Å². The Balaban J connectivity index is 1.22. The SMILES string of the molecule is C[C@]12CCC3c4ccc(O)cc4CCC3C1C[C@@H](O)[C@@H]2OC(=O)CCCc1cccc(S(N)(=O)=O)c1. The number of esters is 1. The van der Waals surface area contributed by atoms with Gasteiger partial charge in [0.05, 0.1) is 11.0 Å². The molecule has 0 radical (unpaired) electrons. The van der Waals surface area contributed by atoms with Crippen molar-refractivity contribution in [3.8, 4) is 5.75 Å². The molecule has 194 valence electrons. The van der Waals surface area contributed by atoms with Crippen molar-refractivity contribution in [2.24, 2.45) is 22.4 Å². The van der Waals surface area contributed by atoms with Gasteiger partial charge in [-0.05, 0) is 104 Å². The van der Waals surface area contributed by atoms with Gasteiger partial charge in [0.1, 0.15) is 11.9 Å². The molecule has 0 saturated heterocycles. The van der Waals surface area contributed by atoms with Crippen LogP contribution in [0.15, 0.2) is 47.4 Å². The van der Waals surface area contributed by atoms with Crippen molar-refractivity contribution in [3.63, 3.8) is 0 Å². The number of fused-ring (bicyclic) bond motifs is 5. The minimum Gasteiger partial charge on any atom is -0.508 e. The number of ether oxygens (including phenoxy) is 1. The molecule has 3 aliphatic carbocycles. The van der Waals surface area contributed by atoms with Gasteiger partial charge >= 0.3 is 5.97 Å². The third-order valence-electron chi connectivity index (χ3n) is 8.97. The highest BCUT2D eigenvalue weighted by Gasteiger charge is 2.59. The lowest BCUT2D eigenvalue weighted by Crippen LogP contribution is -2.46. The molecule has 2 saturated carbocycles. The molecule has 7 nitrogen and oxygen atoms in total. The molecule has 8 heteroatoms. The first-order valence-corrected chi connectivity index (χ1v) is 14.4. The standard InChI is InChI=1S/C28H35NO6S/c1-28-13-12-22-21-11-9-19(30)15-18(21)8-10-23(22)24(28)16-25(31)27(28)35-26(32)7-3-5-17-4-2-6-20(14-17)36(29,33)34/h2,4,6,9,11,14-15,22-25,27,30-31H,3,5,7-8,10,12-13,16H2,1H3,(H2,29,33,34)/t22?,23?,24?,25-,27+,28+/m1/s1. The lowest BCUT2D eigenvalue weighted by molar-refractivity contribution is -0.164. The van der Waals surface area contributed by atoms with E-state index in [1.807, 2.05) is 12.1 Å². The van der Waals surface area contributed by atoms with E-state index in [9.17, 15) is 23.4 Å². The van der Waals surface area contributed by atoms with Crippen molar-refractivity contribution in [1.29, 1.82) is 0 Å². The summed E-state index contributed by atoms with van der Waals surface area (Å²) < 4.78 is 29.1. The lowest BCUT2D eigenvalue weighted by Gasteiger charge is -2.50. The van der Waals surface area contributed by atoms with E-state index in [1.165, 1.54) is 23.3 Å². The number of carbonyl (C=O) groups excluding carboxylic acids is 1. The van der Waals surface area contributed by atoms with Gasteiger partial charge in [-0.1, -0.05) is 25.1 Å². The summed E-state index contributed by atoms with van der Waals surface area (Å²) in [5.74, 6) is 1.13. The van der Waals surface area contributed by atoms with E-state index in [1.54, 1.807) is 12.1 Å². The fraction of sp³-hybridized carbons (Fsp3) is 0.536. The number of primary sulfonamides is 1. The molecule has 2 aromatic carbocycles. The number of hydrogen-bond donors (Lipinski definition) is 3. The van der Waals surface area contributed by atoms with Gasteiger partial charge in [0, 0.05) is 11.8 Å². The van der Waals surface area contributed by atoms with Gasteiger partial charge in [-0.2, -0.15) is 0 Å². The van der Waals surface area contributed by atoms with E-state index >= 15 is 0 Å². The average molecular weight is 514 g/mol. The zero-order valence-corrected chi connectivity index (χ0v) is 21.4. The van der Waals surface area contributed by atoms with Crippen LogP contribution < -0.4 is 5.14 Å². The molecular weight excluding hydrogens is 478 g/mol. The number of aliphatic hydroxyl groups is 1. The quantitative estimate of drug-likeness (QED) is 0.504. The maximum atomic E-state index is 12.8. The van der Waals surface area contributed by atoms with E-state index in [4.69, 9.17) is 9.88 Å². The molecule has 4 N–H and O–H groups in total. The Hall–Kier alpha value is -2.42.